The summed E-state index contributed by atoms with van der Waals surface area (Å²) in [6.07, 6.45) is -1.36. The van der Waals surface area contributed by atoms with E-state index < -0.39 is 24.4 Å². The molecule has 1 aromatic carbocycles. The molecular formula is C13H14ClF2NO2. The van der Waals surface area contributed by atoms with E-state index in [1.807, 2.05) is 19.1 Å². The van der Waals surface area contributed by atoms with E-state index in [1.165, 1.54) is 0 Å². The maximum atomic E-state index is 13.0. The van der Waals surface area contributed by atoms with Gasteiger partial charge in [-0.25, -0.2) is 4.79 Å². The molecule has 2 rings (SSSR count). The van der Waals surface area contributed by atoms with Crippen molar-refractivity contribution in [2.24, 2.45) is 0 Å². The number of nitrogens with one attached hydrogen (secondary N) is 1. The third-order valence-electron chi connectivity index (χ3n) is 3.06. The number of ether oxygens (including phenoxy) is 1. The third-order valence-corrected chi connectivity index (χ3v) is 3.29. The third kappa shape index (κ3) is 3.42. The van der Waals surface area contributed by atoms with Gasteiger partial charge in [0.15, 0.2) is 0 Å². The van der Waals surface area contributed by atoms with Gasteiger partial charge in [-0.3, -0.25) is 0 Å². The number of esters is 1. The lowest BCUT2D eigenvalue weighted by Gasteiger charge is -2.17. The van der Waals surface area contributed by atoms with Crippen molar-refractivity contribution in [2.45, 2.75) is 31.4 Å². The van der Waals surface area contributed by atoms with Crippen molar-refractivity contribution >= 4 is 17.6 Å². The first-order valence-electron chi connectivity index (χ1n) is 5.96. The van der Waals surface area contributed by atoms with Crippen LogP contribution in [0.1, 0.15) is 24.9 Å². The minimum atomic E-state index is -3.36. The topological polar surface area (TPSA) is 38.3 Å². The van der Waals surface area contributed by atoms with Crippen LogP contribution in [-0.2, 0) is 9.53 Å². The lowest BCUT2D eigenvalue weighted by atomic mass is 10.1. The van der Waals surface area contributed by atoms with Crippen molar-refractivity contribution < 1.29 is 18.3 Å². The molecule has 2 atom stereocenters. The zero-order valence-electron chi connectivity index (χ0n) is 10.3. The Morgan fingerprint density at radius 1 is 1.58 bits per heavy atom. The van der Waals surface area contributed by atoms with Crippen molar-refractivity contribution in [3.05, 3.63) is 34.9 Å². The molecule has 2 unspecified atom stereocenters. The number of alkyl halides is 2. The molecule has 1 N–H and O–H groups in total. The first-order chi connectivity index (χ1) is 8.88. The fraction of sp³-hybridized carbons (Fsp3) is 0.462. The number of cyclic esters (lactones) is 1. The Morgan fingerprint density at radius 2 is 2.32 bits per heavy atom. The SMILES string of the molecule is CC(NCC1CC(F)(F)C(=O)O1)c1cccc(Cl)c1. The largest absolute Gasteiger partial charge is 0.456 e. The molecule has 0 saturated carbocycles. The van der Waals surface area contributed by atoms with Crippen LogP contribution in [0.3, 0.4) is 0 Å². The van der Waals surface area contributed by atoms with Crippen LogP contribution in [0.5, 0.6) is 0 Å². The minimum absolute atomic E-state index is 0.0633. The van der Waals surface area contributed by atoms with Gasteiger partial charge < -0.3 is 10.1 Å². The molecule has 6 heteroatoms. The second-order valence-corrected chi connectivity index (χ2v) is 5.06. The van der Waals surface area contributed by atoms with Crippen molar-refractivity contribution in [2.75, 3.05) is 6.54 Å². The first kappa shape index (κ1) is 14.2. The van der Waals surface area contributed by atoms with E-state index in [4.69, 9.17) is 11.6 Å². The van der Waals surface area contributed by atoms with Gasteiger partial charge in [0.1, 0.15) is 6.10 Å². The Kier molecular flexibility index (Phi) is 4.06. The molecule has 1 saturated heterocycles. The molecule has 19 heavy (non-hydrogen) atoms. The van der Waals surface area contributed by atoms with Crippen LogP contribution >= 0.6 is 11.6 Å². The number of halogens is 3. The zero-order chi connectivity index (χ0) is 14.0. The van der Waals surface area contributed by atoms with E-state index in [2.05, 4.69) is 10.1 Å². The van der Waals surface area contributed by atoms with Crippen LogP contribution in [-0.4, -0.2) is 24.5 Å². The Morgan fingerprint density at radius 3 is 2.89 bits per heavy atom. The van der Waals surface area contributed by atoms with Crippen LogP contribution in [0, 0.1) is 0 Å². The second kappa shape index (κ2) is 5.43. The lowest BCUT2D eigenvalue weighted by molar-refractivity contribution is -0.159. The Hall–Kier alpha value is -1.20. The molecule has 0 amide bonds. The van der Waals surface area contributed by atoms with Crippen LogP contribution in [0.25, 0.3) is 0 Å². The normalized spacial score (nSPS) is 23.2. The molecule has 1 fully saturated rings. The van der Waals surface area contributed by atoms with Gasteiger partial charge in [0.25, 0.3) is 0 Å². The quantitative estimate of drug-likeness (QED) is 0.866. The molecule has 0 bridgehead atoms. The number of carbonyl (C=O) groups excluding carboxylic acids is 1. The highest BCUT2D eigenvalue weighted by Gasteiger charge is 2.50. The Balaban J connectivity index is 1.88. The van der Waals surface area contributed by atoms with Crippen molar-refractivity contribution in [1.29, 1.82) is 0 Å². The van der Waals surface area contributed by atoms with Gasteiger partial charge in [0.05, 0.1) is 6.42 Å². The summed E-state index contributed by atoms with van der Waals surface area (Å²) >= 11 is 5.88. The van der Waals surface area contributed by atoms with Crippen molar-refractivity contribution in [3.63, 3.8) is 0 Å². The summed E-state index contributed by atoms with van der Waals surface area (Å²) in [5, 5.41) is 3.67. The second-order valence-electron chi connectivity index (χ2n) is 4.62. The highest BCUT2D eigenvalue weighted by atomic mass is 35.5. The van der Waals surface area contributed by atoms with Gasteiger partial charge in [-0.05, 0) is 24.6 Å². The molecule has 1 aliphatic heterocycles. The summed E-state index contributed by atoms with van der Waals surface area (Å²) in [6, 6.07) is 7.20. The van der Waals surface area contributed by atoms with Crippen LogP contribution < -0.4 is 5.32 Å². The summed E-state index contributed by atoms with van der Waals surface area (Å²) in [5.41, 5.74) is 0.948. The van der Waals surface area contributed by atoms with Gasteiger partial charge in [0.2, 0.25) is 0 Å². The first-order valence-corrected chi connectivity index (χ1v) is 6.34. The molecule has 0 aliphatic carbocycles. The molecule has 104 valence electrons. The molecule has 0 spiro atoms. The van der Waals surface area contributed by atoms with E-state index in [0.29, 0.717) is 5.02 Å². The Bertz CT molecular complexity index is 481. The highest BCUT2D eigenvalue weighted by Crippen LogP contribution is 2.30. The average Bonchev–Trinajstić information content (AvgIpc) is 2.60. The van der Waals surface area contributed by atoms with Gasteiger partial charge in [-0.1, -0.05) is 23.7 Å². The lowest BCUT2D eigenvalue weighted by Crippen LogP contribution is -2.29. The van der Waals surface area contributed by atoms with Gasteiger partial charge in [-0.15, -0.1) is 0 Å². The summed E-state index contributed by atoms with van der Waals surface area (Å²) in [4.78, 5) is 10.8. The number of hydrogen-bond donors (Lipinski definition) is 1. The Labute approximate surface area is 114 Å². The van der Waals surface area contributed by atoms with E-state index in [-0.39, 0.29) is 12.6 Å². The van der Waals surface area contributed by atoms with Gasteiger partial charge in [-0.2, -0.15) is 8.78 Å². The maximum Gasteiger partial charge on any atom is 0.377 e. The van der Waals surface area contributed by atoms with E-state index in [0.717, 1.165) is 5.56 Å². The average molecular weight is 290 g/mol. The van der Waals surface area contributed by atoms with Gasteiger partial charge in [0, 0.05) is 17.6 Å². The molecule has 3 nitrogen and oxygen atoms in total. The number of rotatable bonds is 4. The van der Waals surface area contributed by atoms with Crippen LogP contribution in [0.15, 0.2) is 24.3 Å². The van der Waals surface area contributed by atoms with E-state index >= 15 is 0 Å². The monoisotopic (exact) mass is 289 g/mol. The van der Waals surface area contributed by atoms with Crippen LogP contribution in [0.2, 0.25) is 5.02 Å². The summed E-state index contributed by atoms with van der Waals surface area (Å²) in [6.45, 7) is 2.08. The standard InChI is InChI=1S/C13H14ClF2NO2/c1-8(9-3-2-4-10(14)5-9)17-7-11-6-13(15,16)12(18)19-11/h2-5,8,11,17H,6-7H2,1H3. The smallest absolute Gasteiger partial charge is 0.377 e. The van der Waals surface area contributed by atoms with E-state index in [9.17, 15) is 13.6 Å². The fourth-order valence-corrected chi connectivity index (χ4v) is 2.16. The predicted octanol–water partition coefficient (Wildman–Crippen LogP) is 2.94. The number of hydrogen-bond acceptors (Lipinski definition) is 3. The number of carbonyl (C=O) groups is 1. The molecule has 1 aliphatic rings. The highest BCUT2D eigenvalue weighted by molar-refractivity contribution is 6.30. The summed E-state index contributed by atoms with van der Waals surface area (Å²) < 4.78 is 30.5. The van der Waals surface area contributed by atoms with E-state index in [1.54, 1.807) is 12.1 Å². The maximum absolute atomic E-state index is 13.0. The molecule has 0 radical (unpaired) electrons. The summed E-state index contributed by atoms with van der Waals surface area (Å²) in [5.74, 6) is -4.79. The molecule has 1 aromatic rings. The number of benzene rings is 1. The van der Waals surface area contributed by atoms with Gasteiger partial charge >= 0.3 is 11.9 Å². The summed E-state index contributed by atoms with van der Waals surface area (Å²) in [7, 11) is 0. The molecule has 1 heterocycles. The minimum Gasteiger partial charge on any atom is -0.456 e. The fourth-order valence-electron chi connectivity index (χ4n) is 1.96. The van der Waals surface area contributed by atoms with Crippen molar-refractivity contribution in [1.82, 2.24) is 5.32 Å². The predicted molar refractivity (Wildman–Crippen MR) is 67.3 cm³/mol. The molecular weight excluding hydrogens is 276 g/mol. The van der Waals surface area contributed by atoms with Crippen molar-refractivity contribution in [3.8, 4) is 0 Å². The molecule has 0 aromatic heterocycles. The zero-order valence-corrected chi connectivity index (χ0v) is 11.1. The van der Waals surface area contributed by atoms with Crippen LogP contribution in [0.4, 0.5) is 8.78 Å².